The van der Waals surface area contributed by atoms with Gasteiger partial charge in [0.1, 0.15) is 39.0 Å². The molecule has 2 aliphatic heterocycles. The van der Waals surface area contributed by atoms with E-state index in [9.17, 15) is 13.2 Å². The van der Waals surface area contributed by atoms with Gasteiger partial charge >= 0.3 is 5.97 Å². The second-order valence-corrected chi connectivity index (χ2v) is 14.3. The van der Waals surface area contributed by atoms with Gasteiger partial charge in [0.05, 0.1) is 38.3 Å². The number of benzene rings is 3. The zero-order valence-corrected chi connectivity index (χ0v) is 25.6. The van der Waals surface area contributed by atoms with E-state index in [-0.39, 0.29) is 41.5 Å². The van der Waals surface area contributed by atoms with Gasteiger partial charge in [0, 0.05) is 23.1 Å². The van der Waals surface area contributed by atoms with Crippen molar-refractivity contribution in [2.45, 2.75) is 58.0 Å². The van der Waals surface area contributed by atoms with Gasteiger partial charge in [-0.05, 0) is 97.5 Å². The molecule has 7 nitrogen and oxygen atoms in total. The summed E-state index contributed by atoms with van der Waals surface area (Å²) in [6.07, 6.45) is 2.45. The molecule has 2 atom stereocenters. The fraction of sp³-hybridized carbons (Fsp3) is 0.441. The second kappa shape index (κ2) is 11.8. The Morgan fingerprint density at radius 2 is 1.74 bits per heavy atom. The number of halogens is 1. The number of hydrogen-bond donors (Lipinski definition) is 0. The van der Waals surface area contributed by atoms with Crippen molar-refractivity contribution in [3.8, 4) is 28.4 Å². The van der Waals surface area contributed by atoms with Gasteiger partial charge in [0.15, 0.2) is 0 Å². The third-order valence-corrected chi connectivity index (χ3v) is 10.7. The molecule has 0 spiro atoms. The number of carbonyl (C=O) groups excluding carboxylic acids is 1. The van der Waals surface area contributed by atoms with E-state index in [0.717, 1.165) is 39.1 Å². The lowest BCUT2D eigenvalue weighted by Crippen LogP contribution is -2.26. The van der Waals surface area contributed by atoms with Gasteiger partial charge in [-0.15, -0.1) is 0 Å². The van der Waals surface area contributed by atoms with Crippen LogP contribution in [0.5, 0.6) is 17.2 Å². The molecule has 0 saturated carbocycles. The van der Waals surface area contributed by atoms with Crippen LogP contribution in [0.25, 0.3) is 11.1 Å². The van der Waals surface area contributed by atoms with Crippen molar-refractivity contribution in [1.82, 2.24) is 0 Å². The molecule has 3 aromatic rings. The Labute approximate surface area is 252 Å². The molecule has 3 aromatic carbocycles. The Morgan fingerprint density at radius 3 is 2.47 bits per heavy atom. The van der Waals surface area contributed by atoms with Gasteiger partial charge in [-0.2, -0.15) is 0 Å². The van der Waals surface area contributed by atoms with Gasteiger partial charge in [0.2, 0.25) is 0 Å². The fourth-order valence-electron chi connectivity index (χ4n) is 6.73. The fourth-order valence-corrected chi connectivity index (χ4v) is 8.31. The van der Waals surface area contributed by atoms with Crippen LogP contribution in [0.3, 0.4) is 0 Å². The Balaban J connectivity index is 1.19. The highest BCUT2D eigenvalue weighted by molar-refractivity contribution is 7.91. The zero-order chi connectivity index (χ0) is 30.3. The zero-order valence-electron chi connectivity index (χ0n) is 24.8. The SMILES string of the molecule is COC(=O)CC1COc2cc(O[C@@H]3CCc4c(-c5c(C)cc(OCC6CCS(=O)(=O)CC6)cc5C)ccc(F)c43)ccc21. The quantitative estimate of drug-likeness (QED) is 0.273. The molecular formula is C34H37FO7S. The van der Waals surface area contributed by atoms with Crippen molar-refractivity contribution in [1.29, 1.82) is 0 Å². The summed E-state index contributed by atoms with van der Waals surface area (Å²) in [6, 6.07) is 13.0. The standard InChI is InChI=1S/C34H37FO7S/c1-20-14-25(40-18-22-10-12-43(37,38)13-11-22)15-21(2)33(20)27-6-8-29(35)34-28(27)7-9-30(34)42-24-4-5-26-23(16-32(36)39-3)19-41-31(26)17-24/h4-6,8,14-15,17,22-23,30H,7,9-13,16,18-19H2,1-3H3/t23?,30-/m1/s1. The molecule has 228 valence electrons. The van der Waals surface area contributed by atoms with E-state index in [1.165, 1.54) is 13.2 Å². The van der Waals surface area contributed by atoms with Crippen LogP contribution in [0.4, 0.5) is 4.39 Å². The smallest absolute Gasteiger partial charge is 0.306 e. The first-order chi connectivity index (χ1) is 20.6. The molecule has 9 heteroatoms. The number of fused-ring (bicyclic) bond motifs is 2. The van der Waals surface area contributed by atoms with Crippen molar-refractivity contribution in [2.24, 2.45) is 5.92 Å². The van der Waals surface area contributed by atoms with Gasteiger partial charge in [-0.3, -0.25) is 4.79 Å². The summed E-state index contributed by atoms with van der Waals surface area (Å²) in [6.45, 7) is 4.99. The van der Waals surface area contributed by atoms with Crippen LogP contribution >= 0.6 is 0 Å². The maximum atomic E-state index is 15.3. The highest BCUT2D eigenvalue weighted by atomic mass is 32.2. The van der Waals surface area contributed by atoms with Crippen LogP contribution in [0.1, 0.15) is 65.5 Å². The second-order valence-electron chi connectivity index (χ2n) is 12.0. The molecule has 43 heavy (non-hydrogen) atoms. The predicted molar refractivity (Wildman–Crippen MR) is 161 cm³/mol. The van der Waals surface area contributed by atoms with E-state index in [4.69, 9.17) is 18.9 Å². The lowest BCUT2D eigenvalue weighted by molar-refractivity contribution is -0.141. The summed E-state index contributed by atoms with van der Waals surface area (Å²) in [4.78, 5) is 11.8. The first-order valence-electron chi connectivity index (χ1n) is 14.9. The Hall–Kier alpha value is -3.59. The van der Waals surface area contributed by atoms with Crippen molar-refractivity contribution < 1.29 is 36.6 Å². The number of carbonyl (C=O) groups is 1. The van der Waals surface area contributed by atoms with E-state index in [0.29, 0.717) is 56.0 Å². The molecule has 0 N–H and O–H groups in total. The molecule has 1 saturated heterocycles. The summed E-state index contributed by atoms with van der Waals surface area (Å²) in [5, 5.41) is 0. The van der Waals surface area contributed by atoms with E-state index in [2.05, 4.69) is 0 Å². The number of esters is 1. The number of rotatable bonds is 8. The maximum absolute atomic E-state index is 15.3. The van der Waals surface area contributed by atoms with E-state index in [1.54, 1.807) is 0 Å². The van der Waals surface area contributed by atoms with Crippen molar-refractivity contribution in [3.05, 3.63) is 76.1 Å². The third kappa shape index (κ3) is 6.09. The van der Waals surface area contributed by atoms with Crippen molar-refractivity contribution in [2.75, 3.05) is 31.8 Å². The van der Waals surface area contributed by atoms with Crippen LogP contribution in [0, 0.1) is 25.6 Å². The topological polar surface area (TPSA) is 88.1 Å². The Morgan fingerprint density at radius 1 is 1.00 bits per heavy atom. The molecule has 2 heterocycles. The predicted octanol–water partition coefficient (Wildman–Crippen LogP) is 6.42. The first-order valence-corrected chi connectivity index (χ1v) is 16.7. The maximum Gasteiger partial charge on any atom is 0.306 e. The number of ether oxygens (including phenoxy) is 4. The highest BCUT2D eigenvalue weighted by Gasteiger charge is 2.32. The summed E-state index contributed by atoms with van der Waals surface area (Å²) >= 11 is 0. The molecule has 6 rings (SSSR count). The molecule has 0 aromatic heterocycles. The number of sulfone groups is 1. The molecule has 1 unspecified atom stereocenters. The number of aryl methyl sites for hydroxylation is 2. The monoisotopic (exact) mass is 608 g/mol. The lowest BCUT2D eigenvalue weighted by atomic mass is 9.90. The summed E-state index contributed by atoms with van der Waals surface area (Å²) in [5.41, 5.74) is 6.65. The van der Waals surface area contributed by atoms with E-state index in [1.807, 2.05) is 50.2 Å². The van der Waals surface area contributed by atoms with Crippen molar-refractivity contribution >= 4 is 15.8 Å². The number of hydrogen-bond acceptors (Lipinski definition) is 7. The summed E-state index contributed by atoms with van der Waals surface area (Å²) in [7, 11) is -1.52. The average Bonchev–Trinajstić information content (AvgIpc) is 3.58. The molecule has 3 aliphatic rings. The summed E-state index contributed by atoms with van der Waals surface area (Å²) in [5.74, 6) is 2.14. The van der Waals surface area contributed by atoms with E-state index < -0.39 is 15.9 Å². The Bertz CT molecular complexity index is 1630. The van der Waals surface area contributed by atoms with Gasteiger partial charge in [-0.1, -0.05) is 12.1 Å². The van der Waals surface area contributed by atoms with Crippen LogP contribution in [0.15, 0.2) is 42.5 Å². The molecule has 1 aliphatic carbocycles. The molecule has 0 radical (unpaired) electrons. The highest BCUT2D eigenvalue weighted by Crippen LogP contribution is 2.45. The molecule has 1 fully saturated rings. The van der Waals surface area contributed by atoms with Crippen LogP contribution in [-0.4, -0.2) is 46.2 Å². The average molecular weight is 609 g/mol. The third-order valence-electron chi connectivity index (χ3n) is 9.00. The van der Waals surface area contributed by atoms with Crippen LogP contribution in [-0.2, 0) is 25.8 Å². The lowest BCUT2D eigenvalue weighted by Gasteiger charge is -2.23. The van der Waals surface area contributed by atoms with Crippen LogP contribution in [0.2, 0.25) is 0 Å². The minimum Gasteiger partial charge on any atom is -0.493 e. The van der Waals surface area contributed by atoms with Gasteiger partial charge in [0.25, 0.3) is 0 Å². The van der Waals surface area contributed by atoms with E-state index >= 15 is 4.39 Å². The number of methoxy groups -OCH3 is 1. The summed E-state index contributed by atoms with van der Waals surface area (Å²) < 4.78 is 61.9. The van der Waals surface area contributed by atoms with Gasteiger partial charge < -0.3 is 18.9 Å². The largest absolute Gasteiger partial charge is 0.493 e. The van der Waals surface area contributed by atoms with Crippen molar-refractivity contribution in [3.63, 3.8) is 0 Å². The van der Waals surface area contributed by atoms with Crippen LogP contribution < -0.4 is 14.2 Å². The normalized spacial score (nSPS) is 20.7. The van der Waals surface area contributed by atoms with Gasteiger partial charge in [-0.25, -0.2) is 12.8 Å². The molecule has 0 bridgehead atoms. The minimum atomic E-state index is -2.90. The molecular weight excluding hydrogens is 571 g/mol. The minimum absolute atomic E-state index is 0.0574. The molecule has 0 amide bonds. The first kappa shape index (κ1) is 29.5. The Kier molecular flexibility index (Phi) is 8.11.